The number of rotatable bonds is 14. The zero-order valence-electron chi connectivity index (χ0n) is 62.3. The van der Waals surface area contributed by atoms with Crippen molar-refractivity contribution in [1.29, 1.82) is 0 Å². The molecule has 0 fully saturated rings. The van der Waals surface area contributed by atoms with E-state index >= 15 is 0 Å². The summed E-state index contributed by atoms with van der Waals surface area (Å²) in [6, 6.07) is 128. The van der Waals surface area contributed by atoms with Gasteiger partial charge in [0.15, 0.2) is 34.9 Å². The molecule has 0 saturated carbocycles. The number of aromatic nitrogens is 8. The van der Waals surface area contributed by atoms with Gasteiger partial charge in [-0.2, -0.15) is 21.6 Å². The molecule has 0 spiro atoms. The number of benzene rings is 16. The van der Waals surface area contributed by atoms with Crippen molar-refractivity contribution >= 4 is 87.9 Å². The quantitative estimate of drug-likeness (QED) is 0.0603. The van der Waals surface area contributed by atoms with Crippen LogP contribution in [-0.2, 0) is 10.1 Å². The third-order valence-corrected chi connectivity index (χ3v) is 21.5. The van der Waals surface area contributed by atoms with Crippen LogP contribution in [0.2, 0.25) is 0 Å². The standard InChI is InChI=1S/C49H32N4.C32H20F3N3O3S.C18H14BNO2/c1-3-11-36(12-4-1)47-50-48(37-13-5-2-6-14-37)52-49(51-47)38-23-19-33(20-24-38)39-25-21-35-22-26-40(32-41(35)31-39)34-27-29-42(30-28-34)53-45-17-9-7-15-43(45)44-16-8-10-18-46(44)53;33-32(34,35)42(39,40)41-28-18-17-22-13-16-26(19-27(22)20-28)21-11-14-25(15-12-21)31-37-29(23-7-3-1-4-8-23)36-30(38-31)24-9-5-2-6-10-24;21-19(22)13-9-11-14(12-10-13)20-17-7-3-1-5-15(17)16-6-2-4-8-18(16)20/h1-32H;1-20H;1-12,21-22H. The molecular formula is C99H66BF3N8O5S. The molecule has 117 heavy (non-hydrogen) atoms. The maximum Gasteiger partial charge on any atom is 0.534 e. The molecule has 0 amide bonds. The first-order chi connectivity index (χ1) is 57.2. The first-order valence-corrected chi connectivity index (χ1v) is 39.2. The molecular weight excluding hydrogens is 1480 g/mol. The van der Waals surface area contributed by atoms with Gasteiger partial charge >= 0.3 is 22.7 Å². The van der Waals surface area contributed by atoms with Gasteiger partial charge in [0.1, 0.15) is 5.75 Å². The Bertz CT molecular complexity index is 6950. The Kier molecular flexibility index (Phi) is 19.9. The van der Waals surface area contributed by atoms with Gasteiger partial charge in [0.05, 0.1) is 22.1 Å². The van der Waals surface area contributed by atoms with Gasteiger partial charge in [-0.3, -0.25) is 0 Å². The number of fused-ring (bicyclic) bond motifs is 8. The van der Waals surface area contributed by atoms with Crippen LogP contribution in [0.1, 0.15) is 0 Å². The maximum atomic E-state index is 12.8. The molecule has 4 aromatic heterocycles. The number of hydrogen-bond acceptors (Lipinski definition) is 11. The van der Waals surface area contributed by atoms with Gasteiger partial charge in [-0.25, -0.2) is 29.9 Å². The van der Waals surface area contributed by atoms with Crippen LogP contribution in [0.25, 0.3) is 178 Å². The van der Waals surface area contributed by atoms with Crippen LogP contribution in [0.3, 0.4) is 0 Å². The Labute approximate surface area is 671 Å². The first kappa shape index (κ1) is 73.7. The molecule has 0 aliphatic rings. The monoisotopic (exact) mass is 1550 g/mol. The van der Waals surface area contributed by atoms with E-state index in [0.717, 1.165) is 78.0 Å². The van der Waals surface area contributed by atoms with E-state index in [0.29, 0.717) is 51.2 Å². The summed E-state index contributed by atoms with van der Waals surface area (Å²) in [6.07, 6.45) is 0. The zero-order chi connectivity index (χ0) is 79.6. The third-order valence-electron chi connectivity index (χ3n) is 20.6. The van der Waals surface area contributed by atoms with E-state index in [4.69, 9.17) is 29.9 Å². The predicted molar refractivity (Wildman–Crippen MR) is 464 cm³/mol. The summed E-state index contributed by atoms with van der Waals surface area (Å²) in [7, 11) is -7.21. The van der Waals surface area contributed by atoms with Crippen molar-refractivity contribution in [3.63, 3.8) is 0 Å². The summed E-state index contributed by atoms with van der Waals surface area (Å²) < 4.78 is 70.0. The number of hydrogen-bond donors (Lipinski definition) is 2. The first-order valence-electron chi connectivity index (χ1n) is 37.7. The Morgan fingerprint density at radius 1 is 0.265 bits per heavy atom. The van der Waals surface area contributed by atoms with Crippen molar-refractivity contribution in [1.82, 2.24) is 39.0 Å². The van der Waals surface area contributed by atoms with E-state index in [-0.39, 0.29) is 0 Å². The highest BCUT2D eigenvalue weighted by molar-refractivity contribution is 7.88. The molecule has 4 heterocycles. The lowest BCUT2D eigenvalue weighted by Crippen LogP contribution is -2.29. The van der Waals surface area contributed by atoms with E-state index < -0.39 is 28.5 Å². The van der Waals surface area contributed by atoms with Crippen molar-refractivity contribution in [2.75, 3.05) is 0 Å². The summed E-state index contributed by atoms with van der Waals surface area (Å²) >= 11 is 0. The van der Waals surface area contributed by atoms with Crippen LogP contribution in [-0.4, -0.2) is 70.1 Å². The average molecular weight is 1550 g/mol. The van der Waals surface area contributed by atoms with E-state index in [2.05, 4.69) is 171 Å². The molecule has 18 heteroatoms. The second kappa shape index (κ2) is 31.6. The van der Waals surface area contributed by atoms with Crippen molar-refractivity contribution in [2.45, 2.75) is 5.51 Å². The largest absolute Gasteiger partial charge is 0.534 e. The van der Waals surface area contributed by atoms with Gasteiger partial charge < -0.3 is 23.4 Å². The molecule has 2 N–H and O–H groups in total. The number of nitrogens with zero attached hydrogens (tertiary/aromatic N) is 8. The Hall–Kier alpha value is -14.8. The van der Waals surface area contributed by atoms with E-state index in [1.54, 1.807) is 24.3 Å². The molecule has 0 unspecified atom stereocenters. The van der Waals surface area contributed by atoms with Crippen LogP contribution in [0.15, 0.2) is 388 Å². The number of para-hydroxylation sites is 4. The Morgan fingerprint density at radius 3 is 0.821 bits per heavy atom. The predicted octanol–water partition coefficient (Wildman–Crippen LogP) is 22.8. The summed E-state index contributed by atoms with van der Waals surface area (Å²) in [5.74, 6) is 3.13. The average Bonchev–Trinajstić information content (AvgIpc) is 1.60. The normalized spacial score (nSPS) is 11.5. The van der Waals surface area contributed by atoms with E-state index in [1.165, 1.54) is 72.7 Å². The van der Waals surface area contributed by atoms with Gasteiger partial charge in [-0.1, -0.05) is 309 Å². The molecule has 16 aromatic carbocycles. The van der Waals surface area contributed by atoms with Gasteiger partial charge in [0.2, 0.25) is 0 Å². The van der Waals surface area contributed by atoms with Crippen LogP contribution >= 0.6 is 0 Å². The fourth-order valence-corrected chi connectivity index (χ4v) is 15.2. The summed E-state index contributed by atoms with van der Waals surface area (Å²) in [5, 5.41) is 27.1. The highest BCUT2D eigenvalue weighted by atomic mass is 32.2. The molecule has 0 atom stereocenters. The molecule has 0 aliphatic heterocycles. The van der Waals surface area contributed by atoms with Crippen LogP contribution in [0.5, 0.6) is 5.75 Å². The second-order valence-electron chi connectivity index (χ2n) is 28.0. The molecule has 0 saturated heterocycles. The SMILES string of the molecule is O=S(=O)(Oc1ccc2ccc(-c3ccc(-c4nc(-c5ccccc5)nc(-c5ccccc5)n4)cc3)cc2c1)C(F)(F)F.OB(O)c1ccc(-n2c3ccccc3c3ccccc32)cc1.c1ccc(-c2nc(-c3ccccc3)nc(-c3ccc(-c4ccc5ccc(-c6ccc(-n7c8ccccc8c8ccccc87)cc6)cc5c4)cc3)n2)cc1. The van der Waals surface area contributed by atoms with Crippen LogP contribution < -0.4 is 9.65 Å². The van der Waals surface area contributed by atoms with Crippen LogP contribution in [0, 0.1) is 0 Å². The fraction of sp³-hybridized carbons (Fsp3) is 0.0101. The molecule has 0 radical (unpaired) electrons. The second-order valence-corrected chi connectivity index (χ2v) is 29.5. The lowest BCUT2D eigenvalue weighted by molar-refractivity contribution is -0.0500. The molecule has 20 aromatic rings. The lowest BCUT2D eigenvalue weighted by atomic mass is 9.80. The van der Waals surface area contributed by atoms with E-state index in [9.17, 15) is 31.6 Å². The summed E-state index contributed by atoms with van der Waals surface area (Å²) in [6.45, 7) is 0. The van der Waals surface area contributed by atoms with Crippen molar-refractivity contribution in [3.8, 4) is 119 Å². The summed E-state index contributed by atoms with van der Waals surface area (Å²) in [5.41, 5.74) is 13.5. The molecule has 562 valence electrons. The molecule has 0 bridgehead atoms. The van der Waals surface area contributed by atoms with Gasteiger partial charge in [0.25, 0.3) is 0 Å². The van der Waals surface area contributed by atoms with Gasteiger partial charge in [-0.05, 0) is 139 Å². The molecule has 0 aliphatic carbocycles. The number of alkyl halides is 3. The number of halogens is 3. The Balaban J connectivity index is 0.000000131. The highest BCUT2D eigenvalue weighted by Gasteiger charge is 2.48. The van der Waals surface area contributed by atoms with Crippen molar-refractivity contribution in [2.24, 2.45) is 0 Å². The summed E-state index contributed by atoms with van der Waals surface area (Å²) in [4.78, 5) is 28.8. The smallest absolute Gasteiger partial charge is 0.423 e. The minimum atomic E-state index is -5.77. The van der Waals surface area contributed by atoms with E-state index in [1.807, 2.05) is 188 Å². The van der Waals surface area contributed by atoms with Crippen molar-refractivity contribution < 1.29 is 35.8 Å². The van der Waals surface area contributed by atoms with Crippen molar-refractivity contribution in [3.05, 3.63) is 388 Å². The minimum absolute atomic E-state index is 0.425. The zero-order valence-corrected chi connectivity index (χ0v) is 63.1. The minimum Gasteiger partial charge on any atom is -0.423 e. The van der Waals surface area contributed by atoms with Gasteiger partial charge in [0, 0.05) is 66.3 Å². The maximum absolute atomic E-state index is 12.8. The van der Waals surface area contributed by atoms with Gasteiger partial charge in [-0.15, -0.1) is 0 Å². The fourth-order valence-electron chi connectivity index (χ4n) is 14.7. The Morgan fingerprint density at radius 2 is 0.513 bits per heavy atom. The molecule has 13 nitrogen and oxygen atoms in total. The van der Waals surface area contributed by atoms with Crippen LogP contribution in [0.4, 0.5) is 13.2 Å². The lowest BCUT2D eigenvalue weighted by Gasteiger charge is -2.11. The molecule has 20 rings (SSSR count). The topological polar surface area (TPSA) is 171 Å². The third kappa shape index (κ3) is 15.3. The highest BCUT2D eigenvalue weighted by Crippen LogP contribution is 2.38.